The largest absolute Gasteiger partial charge is 0.485 e. The van der Waals surface area contributed by atoms with Crippen LogP contribution in [0.4, 0.5) is 0 Å². The lowest BCUT2D eigenvalue weighted by Crippen LogP contribution is -2.51. The van der Waals surface area contributed by atoms with Gasteiger partial charge in [0.05, 0.1) is 5.56 Å². The number of esters is 1. The number of fused-ring (bicyclic) bond motifs is 2. The van der Waals surface area contributed by atoms with E-state index in [1.807, 2.05) is 25.2 Å². The molecule has 3 aromatic rings. The van der Waals surface area contributed by atoms with E-state index in [4.69, 9.17) is 14.2 Å². The maximum Gasteiger partial charge on any atom is 0.340 e. The van der Waals surface area contributed by atoms with E-state index in [9.17, 15) is 14.4 Å². The van der Waals surface area contributed by atoms with E-state index >= 15 is 0 Å². The predicted octanol–water partition coefficient (Wildman–Crippen LogP) is 1.32. The van der Waals surface area contributed by atoms with Gasteiger partial charge >= 0.3 is 5.97 Å². The Balaban J connectivity index is 1.27. The number of aryl methyl sites for hydroxylation is 1. The van der Waals surface area contributed by atoms with Gasteiger partial charge in [-0.1, -0.05) is 30.3 Å². The molecule has 1 aromatic heterocycles. The normalized spacial score (nSPS) is 14.8. The number of nitrogens with zero attached hydrogens (tertiary/aromatic N) is 1. The Morgan fingerprint density at radius 1 is 1.07 bits per heavy atom. The molecule has 0 saturated heterocycles. The highest BCUT2D eigenvalue weighted by atomic mass is 16.6. The molecule has 9 heteroatoms. The van der Waals surface area contributed by atoms with Crippen LogP contribution in [0.1, 0.15) is 10.4 Å². The molecule has 2 aromatic carbocycles. The van der Waals surface area contributed by atoms with Gasteiger partial charge in [0.15, 0.2) is 18.1 Å². The number of amides is 2. The van der Waals surface area contributed by atoms with E-state index in [1.165, 1.54) is 0 Å². The average molecular weight is 409 g/mol. The van der Waals surface area contributed by atoms with Gasteiger partial charge in [0.2, 0.25) is 6.10 Å². The second-order valence-corrected chi connectivity index (χ2v) is 6.65. The lowest BCUT2D eigenvalue weighted by Gasteiger charge is -2.25. The Morgan fingerprint density at radius 3 is 2.63 bits per heavy atom. The van der Waals surface area contributed by atoms with Crippen LogP contribution >= 0.6 is 0 Å². The fourth-order valence-corrected chi connectivity index (χ4v) is 3.11. The van der Waals surface area contributed by atoms with Crippen LogP contribution in [0.25, 0.3) is 10.9 Å². The molecular formula is C21H19N3O6. The van der Waals surface area contributed by atoms with Crippen LogP contribution in [0.5, 0.6) is 11.5 Å². The molecule has 1 aliphatic heterocycles. The molecule has 0 radical (unpaired) electrons. The maximum atomic E-state index is 12.3. The summed E-state index contributed by atoms with van der Waals surface area (Å²) < 4.78 is 17.9. The first-order valence-electron chi connectivity index (χ1n) is 9.21. The minimum Gasteiger partial charge on any atom is -0.485 e. The molecule has 0 spiro atoms. The first-order chi connectivity index (χ1) is 14.5. The number of hydrogen-bond donors (Lipinski definition) is 2. The Kier molecular flexibility index (Phi) is 5.25. The lowest BCUT2D eigenvalue weighted by molar-refractivity contribution is -0.135. The second-order valence-electron chi connectivity index (χ2n) is 6.65. The van der Waals surface area contributed by atoms with Crippen LogP contribution in [-0.4, -0.2) is 41.7 Å². The van der Waals surface area contributed by atoms with Gasteiger partial charge in [0, 0.05) is 24.1 Å². The molecule has 0 unspecified atom stereocenters. The predicted molar refractivity (Wildman–Crippen MR) is 106 cm³/mol. The fourth-order valence-electron chi connectivity index (χ4n) is 3.11. The third kappa shape index (κ3) is 3.90. The SMILES string of the molecule is Cn1cc(C(=O)OCC(=O)NNC(=O)[C@@H]2COc3ccccc3O2)c2ccccc21. The van der Waals surface area contributed by atoms with Gasteiger partial charge in [-0.2, -0.15) is 0 Å². The van der Waals surface area contributed by atoms with Crippen LogP contribution in [0, 0.1) is 0 Å². The van der Waals surface area contributed by atoms with Gasteiger partial charge < -0.3 is 18.8 Å². The highest BCUT2D eigenvalue weighted by Crippen LogP contribution is 2.30. The van der Waals surface area contributed by atoms with Crippen molar-refractivity contribution in [1.82, 2.24) is 15.4 Å². The summed E-state index contributed by atoms with van der Waals surface area (Å²) >= 11 is 0. The smallest absolute Gasteiger partial charge is 0.340 e. The maximum absolute atomic E-state index is 12.3. The average Bonchev–Trinajstić information content (AvgIpc) is 3.12. The summed E-state index contributed by atoms with van der Waals surface area (Å²) in [5.41, 5.74) is 5.67. The van der Waals surface area contributed by atoms with Crippen LogP contribution in [0.2, 0.25) is 0 Å². The third-order valence-electron chi connectivity index (χ3n) is 4.58. The van der Waals surface area contributed by atoms with Crippen molar-refractivity contribution >= 4 is 28.7 Å². The van der Waals surface area contributed by atoms with Crippen molar-refractivity contribution in [2.24, 2.45) is 7.05 Å². The summed E-state index contributed by atoms with van der Waals surface area (Å²) in [5.74, 6) is -0.911. The van der Waals surface area contributed by atoms with E-state index < -0.39 is 30.5 Å². The summed E-state index contributed by atoms with van der Waals surface area (Å²) in [6.07, 6.45) is 0.726. The van der Waals surface area contributed by atoms with Crippen LogP contribution in [0.15, 0.2) is 54.7 Å². The summed E-state index contributed by atoms with van der Waals surface area (Å²) in [7, 11) is 1.82. The summed E-state index contributed by atoms with van der Waals surface area (Å²) in [5, 5.41) is 0.730. The minimum absolute atomic E-state index is 0.00871. The molecule has 4 rings (SSSR count). The van der Waals surface area contributed by atoms with Crippen molar-refractivity contribution in [3.63, 3.8) is 0 Å². The van der Waals surface area contributed by atoms with Crippen molar-refractivity contribution in [2.75, 3.05) is 13.2 Å². The van der Waals surface area contributed by atoms with E-state index in [0.717, 1.165) is 10.9 Å². The number of benzene rings is 2. The zero-order valence-electron chi connectivity index (χ0n) is 16.1. The molecular weight excluding hydrogens is 390 g/mol. The van der Waals surface area contributed by atoms with E-state index in [-0.39, 0.29) is 6.61 Å². The van der Waals surface area contributed by atoms with Crippen molar-refractivity contribution in [3.05, 3.63) is 60.3 Å². The van der Waals surface area contributed by atoms with Gasteiger partial charge in [0.1, 0.15) is 6.61 Å². The lowest BCUT2D eigenvalue weighted by atomic mass is 10.2. The van der Waals surface area contributed by atoms with Gasteiger partial charge in [0.25, 0.3) is 11.8 Å². The number of para-hydroxylation sites is 3. The van der Waals surface area contributed by atoms with E-state index in [1.54, 1.807) is 41.1 Å². The fraction of sp³-hybridized carbons (Fsp3) is 0.190. The molecule has 0 aliphatic carbocycles. The van der Waals surface area contributed by atoms with Crippen molar-refractivity contribution in [2.45, 2.75) is 6.10 Å². The monoisotopic (exact) mass is 409 g/mol. The molecule has 0 fully saturated rings. The van der Waals surface area contributed by atoms with Crippen LogP contribution in [0.3, 0.4) is 0 Å². The number of carbonyl (C=O) groups is 3. The number of ether oxygens (including phenoxy) is 3. The molecule has 154 valence electrons. The summed E-state index contributed by atoms with van der Waals surface area (Å²) in [6.45, 7) is -0.540. The van der Waals surface area contributed by atoms with Crippen LogP contribution in [-0.2, 0) is 21.4 Å². The standard InChI is InChI=1S/C21H19N3O6/c1-24-10-14(13-6-2-3-7-15(13)24)21(27)29-12-19(25)22-23-20(26)18-11-28-16-8-4-5-9-17(16)30-18/h2-10,18H,11-12H2,1H3,(H,22,25)(H,23,26)/t18-/m0/s1. The third-order valence-corrected chi connectivity index (χ3v) is 4.58. The Labute approximate surface area is 171 Å². The Bertz CT molecular complexity index is 1120. The molecule has 1 aliphatic rings. The van der Waals surface area contributed by atoms with Crippen molar-refractivity contribution in [1.29, 1.82) is 0 Å². The molecule has 2 N–H and O–H groups in total. The molecule has 0 saturated carbocycles. The van der Waals surface area contributed by atoms with Crippen LogP contribution < -0.4 is 20.3 Å². The van der Waals surface area contributed by atoms with Crippen molar-refractivity contribution < 1.29 is 28.6 Å². The number of hydrogen-bond acceptors (Lipinski definition) is 6. The zero-order valence-corrected chi connectivity index (χ0v) is 16.1. The summed E-state index contributed by atoms with van der Waals surface area (Å²) in [4.78, 5) is 36.5. The quantitative estimate of drug-likeness (QED) is 0.497. The highest BCUT2D eigenvalue weighted by molar-refractivity contribution is 6.04. The number of carbonyl (C=O) groups excluding carboxylic acids is 3. The number of rotatable bonds is 4. The zero-order chi connectivity index (χ0) is 21.1. The van der Waals surface area contributed by atoms with Gasteiger partial charge in [-0.05, 0) is 18.2 Å². The molecule has 2 heterocycles. The molecule has 30 heavy (non-hydrogen) atoms. The topological polar surface area (TPSA) is 108 Å². The number of hydrazine groups is 1. The summed E-state index contributed by atoms with van der Waals surface area (Å²) in [6, 6.07) is 14.3. The first-order valence-corrected chi connectivity index (χ1v) is 9.21. The Morgan fingerprint density at radius 2 is 1.80 bits per heavy atom. The number of aromatic nitrogens is 1. The molecule has 2 amide bonds. The first kappa shape index (κ1) is 19.3. The Hall–Kier alpha value is -4.01. The van der Waals surface area contributed by atoms with Gasteiger partial charge in [-0.25, -0.2) is 4.79 Å². The second kappa shape index (κ2) is 8.16. The van der Waals surface area contributed by atoms with E-state index in [2.05, 4.69) is 10.9 Å². The van der Waals surface area contributed by atoms with E-state index in [0.29, 0.717) is 17.1 Å². The molecule has 0 bridgehead atoms. The van der Waals surface area contributed by atoms with Gasteiger partial charge in [-0.3, -0.25) is 20.4 Å². The van der Waals surface area contributed by atoms with Crippen molar-refractivity contribution in [3.8, 4) is 11.5 Å². The highest BCUT2D eigenvalue weighted by Gasteiger charge is 2.27. The number of nitrogens with one attached hydrogen (secondary N) is 2. The minimum atomic E-state index is -0.918. The molecule has 9 nitrogen and oxygen atoms in total. The molecule has 1 atom stereocenters. The van der Waals surface area contributed by atoms with Gasteiger partial charge in [-0.15, -0.1) is 0 Å².